The van der Waals surface area contributed by atoms with Crippen LogP contribution in [0.1, 0.15) is 16.8 Å². The van der Waals surface area contributed by atoms with E-state index in [1.165, 1.54) is 11.8 Å². The molecule has 2 N–H and O–H groups in total. The largest absolute Gasteiger partial charge is 0.483 e. The number of carbonyl (C=O) groups excluding carboxylic acids is 1. The second kappa shape index (κ2) is 9.70. The minimum Gasteiger partial charge on any atom is -0.483 e. The van der Waals surface area contributed by atoms with Crippen LogP contribution in [0, 0.1) is 13.8 Å². The summed E-state index contributed by atoms with van der Waals surface area (Å²) in [5.74, 6) is 0.933. The van der Waals surface area contributed by atoms with Crippen molar-refractivity contribution in [2.24, 2.45) is 0 Å². The number of para-hydroxylation sites is 2. The first-order valence-corrected chi connectivity index (χ1v) is 11.2. The van der Waals surface area contributed by atoms with Crippen molar-refractivity contribution >= 4 is 34.4 Å². The van der Waals surface area contributed by atoms with Gasteiger partial charge in [0, 0.05) is 16.3 Å². The van der Waals surface area contributed by atoms with Gasteiger partial charge in [0.05, 0.1) is 11.0 Å². The third kappa shape index (κ3) is 5.36. The molecule has 3 aromatic carbocycles. The summed E-state index contributed by atoms with van der Waals surface area (Å²) in [6.07, 6.45) is 0. The number of ether oxygens (including phenoxy) is 1. The van der Waals surface area contributed by atoms with E-state index in [0.717, 1.165) is 27.1 Å². The van der Waals surface area contributed by atoms with Gasteiger partial charge in [-0.1, -0.05) is 29.8 Å². The molecule has 6 nitrogen and oxygen atoms in total. The van der Waals surface area contributed by atoms with Gasteiger partial charge < -0.3 is 15.0 Å². The van der Waals surface area contributed by atoms with Crippen molar-refractivity contribution in [2.75, 3.05) is 11.9 Å². The molecule has 0 radical (unpaired) electrons. The van der Waals surface area contributed by atoms with Crippen molar-refractivity contribution in [1.29, 1.82) is 0 Å². The Morgan fingerprint density at radius 2 is 1.84 bits per heavy atom. The van der Waals surface area contributed by atoms with E-state index in [1.807, 2.05) is 80.6 Å². The molecule has 162 valence electrons. The molecule has 0 saturated carbocycles. The van der Waals surface area contributed by atoms with Crippen molar-refractivity contribution in [1.82, 2.24) is 9.97 Å². The summed E-state index contributed by atoms with van der Waals surface area (Å²) in [6.45, 7) is 3.91. The molecule has 4 aromatic rings. The number of fused-ring (bicyclic) bond motifs is 1. The Hall–Kier alpha value is -3.58. The Morgan fingerprint density at radius 1 is 1.06 bits per heavy atom. The fraction of sp³-hybridized carbons (Fsp3) is 0.160. The smallest absolute Gasteiger partial charge is 0.271 e. The molecule has 0 atom stereocenters. The first kappa shape index (κ1) is 21.6. The van der Waals surface area contributed by atoms with E-state index in [4.69, 9.17) is 4.74 Å². The van der Waals surface area contributed by atoms with E-state index >= 15 is 0 Å². The van der Waals surface area contributed by atoms with Crippen LogP contribution in [0.5, 0.6) is 5.75 Å². The molecule has 0 spiro atoms. The first-order valence-electron chi connectivity index (χ1n) is 10.2. The molecular weight excluding hydrogens is 422 g/mol. The zero-order valence-electron chi connectivity index (χ0n) is 17.8. The molecular formula is C25H23N3O3S. The molecule has 1 heterocycles. The van der Waals surface area contributed by atoms with Crippen LogP contribution in [0.25, 0.3) is 11.0 Å². The van der Waals surface area contributed by atoms with Crippen LogP contribution in [0.3, 0.4) is 0 Å². The summed E-state index contributed by atoms with van der Waals surface area (Å²) in [4.78, 5) is 32.8. The zero-order chi connectivity index (χ0) is 22.5. The second-order valence-corrected chi connectivity index (χ2v) is 8.50. The third-order valence-corrected chi connectivity index (χ3v) is 5.90. The molecule has 32 heavy (non-hydrogen) atoms. The summed E-state index contributed by atoms with van der Waals surface area (Å²) in [6, 6.07) is 20.8. The van der Waals surface area contributed by atoms with Gasteiger partial charge in [0.1, 0.15) is 11.4 Å². The van der Waals surface area contributed by atoms with Crippen LogP contribution in [0.15, 0.2) is 76.4 Å². The maximum absolute atomic E-state index is 12.2. The van der Waals surface area contributed by atoms with E-state index in [1.54, 1.807) is 0 Å². The number of hydrogen-bond donors (Lipinski definition) is 2. The lowest BCUT2D eigenvalue weighted by atomic mass is 10.1. The number of benzene rings is 3. The van der Waals surface area contributed by atoms with E-state index in [2.05, 4.69) is 15.3 Å². The number of aromatic nitrogens is 2. The molecule has 0 saturated heterocycles. The van der Waals surface area contributed by atoms with E-state index < -0.39 is 0 Å². The average molecular weight is 446 g/mol. The van der Waals surface area contributed by atoms with Crippen LogP contribution < -0.4 is 15.6 Å². The Labute approximate surface area is 190 Å². The summed E-state index contributed by atoms with van der Waals surface area (Å²) in [7, 11) is 0. The third-order valence-electron chi connectivity index (χ3n) is 4.87. The SMILES string of the molecule is Cc1ccc(OCC(=O)Nc2ccc(SCc3nc4ccccc4[nH]c3=O)cc2)c(C)c1. The Bertz CT molecular complexity index is 1320. The molecule has 0 aliphatic heterocycles. The summed E-state index contributed by atoms with van der Waals surface area (Å²) in [5, 5.41) is 2.83. The first-order chi connectivity index (χ1) is 15.5. The summed E-state index contributed by atoms with van der Waals surface area (Å²) in [5.41, 5.74) is 4.64. The molecule has 0 aliphatic rings. The standard InChI is InChI=1S/C25H23N3O3S/c1-16-7-12-23(17(2)13-16)31-14-24(29)26-18-8-10-19(11-9-18)32-15-22-25(30)28-21-6-4-3-5-20(21)27-22/h3-13H,14-15H2,1-2H3,(H,26,29)(H,28,30). The number of carbonyl (C=O) groups is 1. The Morgan fingerprint density at radius 3 is 2.62 bits per heavy atom. The van der Waals surface area contributed by atoms with Gasteiger partial charge in [-0.25, -0.2) is 4.98 Å². The molecule has 1 amide bonds. The number of aryl methyl sites for hydroxylation is 2. The predicted octanol–water partition coefficient (Wildman–Crippen LogP) is 4.85. The van der Waals surface area contributed by atoms with E-state index in [-0.39, 0.29) is 18.1 Å². The molecule has 0 fully saturated rings. The highest BCUT2D eigenvalue weighted by Gasteiger charge is 2.08. The number of thioether (sulfide) groups is 1. The van der Waals surface area contributed by atoms with Gasteiger partial charge in [-0.3, -0.25) is 9.59 Å². The van der Waals surface area contributed by atoms with Gasteiger partial charge in [0.25, 0.3) is 11.5 Å². The van der Waals surface area contributed by atoms with Crippen LogP contribution in [-0.2, 0) is 10.5 Å². The number of amides is 1. The van der Waals surface area contributed by atoms with Gasteiger partial charge in [-0.15, -0.1) is 11.8 Å². The topological polar surface area (TPSA) is 84.1 Å². The van der Waals surface area contributed by atoms with Crippen LogP contribution >= 0.6 is 11.8 Å². The fourth-order valence-electron chi connectivity index (χ4n) is 3.25. The number of hydrogen-bond acceptors (Lipinski definition) is 5. The van der Waals surface area contributed by atoms with Gasteiger partial charge >= 0.3 is 0 Å². The van der Waals surface area contributed by atoms with Gasteiger partial charge in [0.15, 0.2) is 6.61 Å². The lowest BCUT2D eigenvalue weighted by Crippen LogP contribution is -2.20. The Kier molecular flexibility index (Phi) is 6.56. The Balaban J connectivity index is 1.31. The number of nitrogens with zero attached hydrogens (tertiary/aromatic N) is 1. The van der Waals surface area contributed by atoms with E-state index in [0.29, 0.717) is 22.9 Å². The summed E-state index contributed by atoms with van der Waals surface area (Å²) >= 11 is 1.51. The van der Waals surface area contributed by atoms with Crippen molar-refractivity contribution in [2.45, 2.75) is 24.5 Å². The minimum absolute atomic E-state index is 0.0587. The monoisotopic (exact) mass is 445 g/mol. The molecule has 0 unspecified atom stereocenters. The van der Waals surface area contributed by atoms with Gasteiger partial charge in [-0.05, 0) is 61.9 Å². The fourth-order valence-corrected chi connectivity index (χ4v) is 4.08. The number of anilines is 1. The minimum atomic E-state index is -0.225. The van der Waals surface area contributed by atoms with Crippen LogP contribution in [-0.4, -0.2) is 22.5 Å². The number of H-pyrrole nitrogens is 1. The molecule has 4 rings (SSSR count). The van der Waals surface area contributed by atoms with E-state index in [9.17, 15) is 9.59 Å². The van der Waals surface area contributed by atoms with Crippen molar-refractivity contribution in [3.05, 3.63) is 93.9 Å². The lowest BCUT2D eigenvalue weighted by Gasteiger charge is -2.10. The molecule has 1 aromatic heterocycles. The maximum atomic E-state index is 12.2. The predicted molar refractivity (Wildman–Crippen MR) is 128 cm³/mol. The highest BCUT2D eigenvalue weighted by molar-refractivity contribution is 7.98. The lowest BCUT2D eigenvalue weighted by molar-refractivity contribution is -0.118. The van der Waals surface area contributed by atoms with Crippen LogP contribution in [0.2, 0.25) is 0 Å². The van der Waals surface area contributed by atoms with Crippen molar-refractivity contribution in [3.8, 4) is 5.75 Å². The molecule has 7 heteroatoms. The number of nitrogens with one attached hydrogen (secondary N) is 2. The van der Waals surface area contributed by atoms with Crippen LogP contribution in [0.4, 0.5) is 5.69 Å². The van der Waals surface area contributed by atoms with Crippen molar-refractivity contribution in [3.63, 3.8) is 0 Å². The number of rotatable bonds is 7. The summed E-state index contributed by atoms with van der Waals surface area (Å²) < 4.78 is 5.62. The average Bonchev–Trinajstić information content (AvgIpc) is 2.78. The highest BCUT2D eigenvalue weighted by atomic mass is 32.2. The maximum Gasteiger partial charge on any atom is 0.271 e. The normalized spacial score (nSPS) is 10.8. The van der Waals surface area contributed by atoms with Crippen molar-refractivity contribution < 1.29 is 9.53 Å². The second-order valence-electron chi connectivity index (χ2n) is 7.45. The van der Waals surface area contributed by atoms with Gasteiger partial charge in [-0.2, -0.15) is 0 Å². The molecule has 0 aliphatic carbocycles. The highest BCUT2D eigenvalue weighted by Crippen LogP contribution is 2.23. The zero-order valence-corrected chi connectivity index (χ0v) is 18.7. The number of aromatic amines is 1. The molecule has 0 bridgehead atoms. The van der Waals surface area contributed by atoms with Gasteiger partial charge in [0.2, 0.25) is 0 Å². The quantitative estimate of drug-likeness (QED) is 0.397.